The van der Waals surface area contributed by atoms with Crippen molar-refractivity contribution in [3.8, 4) is 0 Å². The summed E-state index contributed by atoms with van der Waals surface area (Å²) in [4.78, 5) is 38.0. The molecule has 0 bridgehead atoms. The van der Waals surface area contributed by atoms with Crippen molar-refractivity contribution in [1.29, 1.82) is 0 Å². The molecule has 1 fully saturated rings. The van der Waals surface area contributed by atoms with Gasteiger partial charge in [0.15, 0.2) is 6.10 Å². The summed E-state index contributed by atoms with van der Waals surface area (Å²) in [5.74, 6) is -0.834. The van der Waals surface area contributed by atoms with Gasteiger partial charge in [-0.2, -0.15) is 0 Å². The van der Waals surface area contributed by atoms with Crippen LogP contribution in [0.5, 0.6) is 0 Å². The van der Waals surface area contributed by atoms with Crippen LogP contribution >= 0.6 is 0 Å². The number of ether oxygens (including phenoxy) is 1. The van der Waals surface area contributed by atoms with Gasteiger partial charge in [-0.1, -0.05) is 29.8 Å². The number of anilines is 1. The van der Waals surface area contributed by atoms with Crippen LogP contribution in [0.1, 0.15) is 41.3 Å². The third-order valence-corrected chi connectivity index (χ3v) is 4.73. The smallest absolute Gasteiger partial charge is 0.338 e. The lowest BCUT2D eigenvalue weighted by Gasteiger charge is -2.16. The molecule has 2 aromatic carbocycles. The highest BCUT2D eigenvalue weighted by Gasteiger charge is 2.22. The minimum atomic E-state index is -0.905. The first-order valence-electron chi connectivity index (χ1n) is 9.39. The van der Waals surface area contributed by atoms with E-state index in [2.05, 4.69) is 5.32 Å². The van der Waals surface area contributed by atoms with Gasteiger partial charge in [-0.15, -0.1) is 0 Å². The fourth-order valence-electron chi connectivity index (χ4n) is 3.02. The monoisotopic (exact) mass is 380 g/mol. The maximum Gasteiger partial charge on any atom is 0.338 e. The van der Waals surface area contributed by atoms with Gasteiger partial charge in [0.05, 0.1) is 5.56 Å². The predicted octanol–water partition coefficient (Wildman–Crippen LogP) is 2.98. The average molecular weight is 380 g/mol. The summed E-state index contributed by atoms with van der Waals surface area (Å²) in [5, 5.41) is 2.77. The van der Waals surface area contributed by atoms with Crippen molar-refractivity contribution in [3.05, 3.63) is 65.2 Å². The molecule has 6 heteroatoms. The van der Waals surface area contributed by atoms with Crippen LogP contribution in [0.2, 0.25) is 0 Å². The number of carbonyl (C=O) groups excluding carboxylic acids is 3. The van der Waals surface area contributed by atoms with Crippen LogP contribution in [0.15, 0.2) is 48.5 Å². The molecule has 1 aliphatic rings. The van der Waals surface area contributed by atoms with Crippen molar-refractivity contribution in [2.45, 2.75) is 39.3 Å². The van der Waals surface area contributed by atoms with E-state index in [4.69, 9.17) is 4.74 Å². The van der Waals surface area contributed by atoms with Gasteiger partial charge in [-0.05, 0) is 50.1 Å². The van der Waals surface area contributed by atoms with Crippen molar-refractivity contribution in [3.63, 3.8) is 0 Å². The fourth-order valence-corrected chi connectivity index (χ4v) is 3.02. The number of amides is 2. The molecule has 1 saturated heterocycles. The lowest BCUT2D eigenvalue weighted by molar-refractivity contribution is -0.129. The maximum atomic E-state index is 12.3. The Labute approximate surface area is 164 Å². The Morgan fingerprint density at radius 2 is 1.79 bits per heavy atom. The minimum absolute atomic E-state index is 0.0918. The highest BCUT2D eigenvalue weighted by Crippen LogP contribution is 2.22. The van der Waals surface area contributed by atoms with Gasteiger partial charge in [-0.3, -0.25) is 9.59 Å². The molecule has 1 heterocycles. The number of esters is 1. The summed E-state index contributed by atoms with van der Waals surface area (Å²) in [6.45, 7) is 4.61. The number of benzene rings is 2. The van der Waals surface area contributed by atoms with E-state index >= 15 is 0 Å². The normalized spacial score (nSPS) is 14.6. The minimum Gasteiger partial charge on any atom is -0.449 e. The molecule has 2 amide bonds. The second-order valence-electron chi connectivity index (χ2n) is 6.95. The Morgan fingerprint density at radius 1 is 1.11 bits per heavy atom. The van der Waals surface area contributed by atoms with E-state index in [1.165, 1.54) is 0 Å². The Hall–Kier alpha value is -3.15. The van der Waals surface area contributed by atoms with Gasteiger partial charge in [0.1, 0.15) is 0 Å². The Morgan fingerprint density at radius 3 is 2.39 bits per heavy atom. The molecule has 0 aromatic heterocycles. The van der Waals surface area contributed by atoms with E-state index in [1.807, 2.05) is 31.2 Å². The van der Waals surface area contributed by atoms with Crippen LogP contribution in [-0.4, -0.2) is 30.4 Å². The van der Waals surface area contributed by atoms with Gasteiger partial charge >= 0.3 is 5.97 Å². The van der Waals surface area contributed by atoms with E-state index in [-0.39, 0.29) is 11.8 Å². The van der Waals surface area contributed by atoms with Gasteiger partial charge in [0.2, 0.25) is 5.91 Å². The highest BCUT2D eigenvalue weighted by molar-refractivity contribution is 5.96. The lowest BCUT2D eigenvalue weighted by atomic mass is 10.1. The quantitative estimate of drug-likeness (QED) is 0.782. The third-order valence-electron chi connectivity index (χ3n) is 4.73. The van der Waals surface area contributed by atoms with E-state index in [0.29, 0.717) is 25.1 Å². The molecule has 1 aliphatic heterocycles. The Balaban J connectivity index is 1.52. The first-order valence-corrected chi connectivity index (χ1v) is 9.39. The average Bonchev–Trinajstić information content (AvgIpc) is 3.13. The van der Waals surface area contributed by atoms with Crippen LogP contribution < -0.4 is 10.2 Å². The summed E-state index contributed by atoms with van der Waals surface area (Å²) < 4.78 is 5.26. The van der Waals surface area contributed by atoms with Gasteiger partial charge in [0, 0.05) is 25.2 Å². The number of aryl methyl sites for hydroxylation is 1. The molecule has 0 saturated carbocycles. The zero-order chi connectivity index (χ0) is 20.1. The standard InChI is InChI=1S/C22H24N2O4/c1-15-5-7-17(8-6-15)14-23-21(26)16(2)28-22(27)18-9-11-19(12-10-18)24-13-3-4-20(24)25/h5-12,16H,3-4,13-14H2,1-2H3,(H,23,26). The number of rotatable bonds is 6. The maximum absolute atomic E-state index is 12.3. The van der Waals surface area contributed by atoms with Crippen molar-refractivity contribution in [2.24, 2.45) is 0 Å². The molecule has 1 atom stereocenters. The van der Waals surface area contributed by atoms with Crippen LogP contribution in [0.25, 0.3) is 0 Å². The fraction of sp³-hybridized carbons (Fsp3) is 0.318. The van der Waals surface area contributed by atoms with Crippen molar-refractivity contribution >= 4 is 23.5 Å². The van der Waals surface area contributed by atoms with Crippen LogP contribution in [0.3, 0.4) is 0 Å². The van der Waals surface area contributed by atoms with Crippen molar-refractivity contribution in [2.75, 3.05) is 11.4 Å². The summed E-state index contributed by atoms with van der Waals surface area (Å²) >= 11 is 0. The molecule has 28 heavy (non-hydrogen) atoms. The second kappa shape index (κ2) is 8.69. The largest absolute Gasteiger partial charge is 0.449 e. The number of hydrogen-bond acceptors (Lipinski definition) is 4. The number of nitrogens with zero attached hydrogens (tertiary/aromatic N) is 1. The number of hydrogen-bond donors (Lipinski definition) is 1. The number of carbonyl (C=O) groups is 3. The molecule has 6 nitrogen and oxygen atoms in total. The highest BCUT2D eigenvalue weighted by atomic mass is 16.5. The van der Waals surface area contributed by atoms with E-state index in [9.17, 15) is 14.4 Å². The van der Waals surface area contributed by atoms with Gasteiger partial charge in [0.25, 0.3) is 5.91 Å². The summed E-state index contributed by atoms with van der Waals surface area (Å²) in [5.41, 5.74) is 3.23. The third kappa shape index (κ3) is 4.76. The van der Waals surface area contributed by atoms with Crippen LogP contribution in [0, 0.1) is 6.92 Å². The molecule has 146 valence electrons. The molecule has 1 N–H and O–H groups in total. The molecule has 0 spiro atoms. The van der Waals surface area contributed by atoms with E-state index in [1.54, 1.807) is 36.1 Å². The van der Waals surface area contributed by atoms with E-state index in [0.717, 1.165) is 23.2 Å². The summed E-state index contributed by atoms with van der Waals surface area (Å²) in [6, 6.07) is 14.5. The van der Waals surface area contributed by atoms with Crippen LogP contribution in [-0.2, 0) is 20.9 Å². The Bertz CT molecular complexity index is 859. The zero-order valence-electron chi connectivity index (χ0n) is 16.1. The van der Waals surface area contributed by atoms with Gasteiger partial charge < -0.3 is 15.0 Å². The molecular formula is C22H24N2O4. The number of nitrogens with one attached hydrogen (secondary N) is 1. The topological polar surface area (TPSA) is 75.7 Å². The molecule has 2 aromatic rings. The van der Waals surface area contributed by atoms with E-state index < -0.39 is 12.1 Å². The molecular weight excluding hydrogens is 356 g/mol. The lowest BCUT2D eigenvalue weighted by Crippen LogP contribution is -2.35. The second-order valence-corrected chi connectivity index (χ2v) is 6.95. The van der Waals surface area contributed by atoms with Gasteiger partial charge in [-0.25, -0.2) is 4.79 Å². The summed E-state index contributed by atoms with van der Waals surface area (Å²) in [6.07, 6.45) is 0.495. The zero-order valence-corrected chi connectivity index (χ0v) is 16.1. The molecule has 3 rings (SSSR count). The SMILES string of the molecule is Cc1ccc(CNC(=O)C(C)OC(=O)c2ccc(N3CCCC3=O)cc2)cc1. The van der Waals surface area contributed by atoms with Crippen molar-refractivity contribution < 1.29 is 19.1 Å². The first kappa shape index (κ1) is 19.6. The predicted molar refractivity (Wildman–Crippen MR) is 106 cm³/mol. The molecule has 0 radical (unpaired) electrons. The molecule has 0 aliphatic carbocycles. The summed E-state index contributed by atoms with van der Waals surface area (Å²) in [7, 11) is 0. The first-order chi connectivity index (χ1) is 13.4. The van der Waals surface area contributed by atoms with Crippen molar-refractivity contribution in [1.82, 2.24) is 5.32 Å². The Kier molecular flexibility index (Phi) is 6.09. The van der Waals surface area contributed by atoms with Crippen LogP contribution in [0.4, 0.5) is 5.69 Å². The molecule has 1 unspecified atom stereocenters.